The Bertz CT molecular complexity index is 420. The minimum Gasteiger partial charge on any atom is -0.496 e. The average Bonchev–Trinajstić information content (AvgIpc) is 2.40. The van der Waals surface area contributed by atoms with Gasteiger partial charge in [0.05, 0.1) is 13.7 Å². The molecule has 1 rings (SSSR count). The summed E-state index contributed by atoms with van der Waals surface area (Å²) in [5, 5.41) is 3.21. The van der Waals surface area contributed by atoms with Crippen LogP contribution in [0.3, 0.4) is 0 Å². The normalized spacial score (nSPS) is 13.7. The molecule has 1 aromatic rings. The first-order valence-corrected chi connectivity index (χ1v) is 6.61. The number of methoxy groups -OCH3 is 1. The first-order chi connectivity index (χ1) is 9.07. The molecule has 0 amide bonds. The first kappa shape index (κ1) is 15.5. The van der Waals surface area contributed by atoms with E-state index in [9.17, 15) is 4.79 Å². The van der Waals surface area contributed by atoms with Crippen molar-refractivity contribution in [3.63, 3.8) is 0 Å². The van der Waals surface area contributed by atoms with Gasteiger partial charge in [-0.2, -0.15) is 0 Å². The van der Waals surface area contributed by atoms with Crippen LogP contribution in [0.5, 0.6) is 5.75 Å². The molecule has 0 radical (unpaired) electrons. The van der Waals surface area contributed by atoms with Crippen molar-refractivity contribution < 1.29 is 14.3 Å². The van der Waals surface area contributed by atoms with Crippen LogP contribution in [-0.4, -0.2) is 31.8 Å². The van der Waals surface area contributed by atoms with E-state index >= 15 is 0 Å². The molecule has 4 nitrogen and oxygen atoms in total. The zero-order valence-electron chi connectivity index (χ0n) is 12.2. The molecule has 0 aromatic heterocycles. The standard InChI is InChI=1S/C15H23NO3/c1-5-16-15(3,14(17)19-6-2)11-12-9-7-8-10-13(12)18-4/h7-10,16H,5-6,11H2,1-4H3. The lowest BCUT2D eigenvalue weighted by Crippen LogP contribution is -2.52. The number of benzene rings is 1. The molecule has 1 atom stereocenters. The SMILES string of the molecule is CCNC(C)(Cc1ccccc1OC)C(=O)OCC. The van der Waals surface area contributed by atoms with Crippen LogP contribution in [0.25, 0.3) is 0 Å². The summed E-state index contributed by atoms with van der Waals surface area (Å²) in [5.74, 6) is 0.554. The van der Waals surface area contributed by atoms with Crippen molar-refractivity contribution in [2.45, 2.75) is 32.7 Å². The maximum Gasteiger partial charge on any atom is 0.326 e. The molecule has 0 spiro atoms. The van der Waals surface area contributed by atoms with Gasteiger partial charge in [0, 0.05) is 6.42 Å². The fourth-order valence-corrected chi connectivity index (χ4v) is 2.12. The summed E-state index contributed by atoms with van der Waals surface area (Å²) in [6.45, 7) is 6.73. The first-order valence-electron chi connectivity index (χ1n) is 6.61. The topological polar surface area (TPSA) is 47.6 Å². The van der Waals surface area contributed by atoms with Crippen molar-refractivity contribution in [3.05, 3.63) is 29.8 Å². The molecule has 0 fully saturated rings. The van der Waals surface area contributed by atoms with Crippen LogP contribution in [-0.2, 0) is 16.0 Å². The number of likely N-dealkylation sites (N-methyl/N-ethyl adjacent to an activating group) is 1. The molecule has 1 aromatic carbocycles. The van der Waals surface area contributed by atoms with Gasteiger partial charge in [-0.1, -0.05) is 25.1 Å². The number of carbonyl (C=O) groups is 1. The Kier molecular flexibility index (Phi) is 5.83. The van der Waals surface area contributed by atoms with Crippen molar-refractivity contribution in [2.24, 2.45) is 0 Å². The van der Waals surface area contributed by atoms with Gasteiger partial charge >= 0.3 is 5.97 Å². The number of carbonyl (C=O) groups excluding carboxylic acids is 1. The summed E-state index contributed by atoms with van der Waals surface area (Å²) >= 11 is 0. The molecule has 0 bridgehead atoms. The van der Waals surface area contributed by atoms with E-state index in [2.05, 4.69) is 5.32 Å². The molecule has 106 valence electrons. The minimum absolute atomic E-state index is 0.234. The number of esters is 1. The Morgan fingerprint density at radius 1 is 1.32 bits per heavy atom. The van der Waals surface area contributed by atoms with E-state index in [1.54, 1.807) is 7.11 Å². The highest BCUT2D eigenvalue weighted by Crippen LogP contribution is 2.23. The van der Waals surface area contributed by atoms with E-state index in [1.807, 2.05) is 45.0 Å². The van der Waals surface area contributed by atoms with Gasteiger partial charge in [-0.3, -0.25) is 4.79 Å². The van der Waals surface area contributed by atoms with Crippen molar-refractivity contribution in [1.29, 1.82) is 0 Å². The molecule has 0 aliphatic rings. The van der Waals surface area contributed by atoms with Gasteiger partial charge in [0.2, 0.25) is 0 Å². The molecule has 0 heterocycles. The Labute approximate surface area is 115 Å². The Balaban J connectivity index is 2.97. The minimum atomic E-state index is -0.737. The Hall–Kier alpha value is -1.55. The van der Waals surface area contributed by atoms with E-state index in [1.165, 1.54) is 0 Å². The van der Waals surface area contributed by atoms with Crippen LogP contribution in [0.1, 0.15) is 26.3 Å². The molecule has 0 aliphatic heterocycles. The molecule has 1 N–H and O–H groups in total. The Morgan fingerprint density at radius 3 is 2.58 bits per heavy atom. The second kappa shape index (κ2) is 7.14. The molecular formula is C15H23NO3. The van der Waals surface area contributed by atoms with Crippen LogP contribution < -0.4 is 10.1 Å². The van der Waals surface area contributed by atoms with Crippen LogP contribution in [0.4, 0.5) is 0 Å². The van der Waals surface area contributed by atoms with Crippen LogP contribution in [0, 0.1) is 0 Å². The van der Waals surface area contributed by atoms with Crippen molar-refractivity contribution in [1.82, 2.24) is 5.32 Å². The third-order valence-electron chi connectivity index (χ3n) is 3.03. The van der Waals surface area contributed by atoms with Gasteiger partial charge in [0.25, 0.3) is 0 Å². The second-order valence-corrected chi connectivity index (χ2v) is 4.57. The fraction of sp³-hybridized carbons (Fsp3) is 0.533. The summed E-state index contributed by atoms with van der Waals surface area (Å²) in [6, 6.07) is 7.72. The fourth-order valence-electron chi connectivity index (χ4n) is 2.12. The highest BCUT2D eigenvalue weighted by molar-refractivity contribution is 5.81. The average molecular weight is 265 g/mol. The maximum absolute atomic E-state index is 12.1. The molecule has 0 saturated heterocycles. The van der Waals surface area contributed by atoms with E-state index in [0.29, 0.717) is 19.6 Å². The summed E-state index contributed by atoms with van der Waals surface area (Å²) in [5.41, 5.74) is 0.251. The summed E-state index contributed by atoms with van der Waals surface area (Å²) < 4.78 is 10.5. The van der Waals surface area contributed by atoms with Gasteiger partial charge in [-0.15, -0.1) is 0 Å². The number of nitrogens with one attached hydrogen (secondary N) is 1. The van der Waals surface area contributed by atoms with E-state index in [4.69, 9.17) is 9.47 Å². The lowest BCUT2D eigenvalue weighted by molar-refractivity contribution is -0.150. The monoisotopic (exact) mass is 265 g/mol. The highest BCUT2D eigenvalue weighted by atomic mass is 16.5. The predicted molar refractivity (Wildman–Crippen MR) is 75.4 cm³/mol. The summed E-state index contributed by atoms with van der Waals surface area (Å²) in [6.07, 6.45) is 0.531. The number of para-hydroxylation sites is 1. The van der Waals surface area contributed by atoms with E-state index < -0.39 is 5.54 Å². The zero-order chi connectivity index (χ0) is 14.3. The molecule has 1 unspecified atom stereocenters. The van der Waals surface area contributed by atoms with Gasteiger partial charge in [-0.05, 0) is 32.0 Å². The third-order valence-corrected chi connectivity index (χ3v) is 3.03. The number of ether oxygens (including phenoxy) is 2. The largest absolute Gasteiger partial charge is 0.496 e. The Morgan fingerprint density at radius 2 is 2.00 bits per heavy atom. The highest BCUT2D eigenvalue weighted by Gasteiger charge is 2.34. The number of rotatable bonds is 7. The van der Waals surface area contributed by atoms with Crippen LogP contribution >= 0.6 is 0 Å². The molecule has 0 aliphatic carbocycles. The van der Waals surface area contributed by atoms with Gasteiger partial charge in [-0.25, -0.2) is 0 Å². The molecule has 19 heavy (non-hydrogen) atoms. The number of hydrogen-bond donors (Lipinski definition) is 1. The van der Waals surface area contributed by atoms with Gasteiger partial charge in [0.1, 0.15) is 11.3 Å². The zero-order valence-corrected chi connectivity index (χ0v) is 12.2. The predicted octanol–water partition coefficient (Wildman–Crippen LogP) is 2.17. The summed E-state index contributed by atoms with van der Waals surface area (Å²) in [4.78, 5) is 12.1. The number of hydrogen-bond acceptors (Lipinski definition) is 4. The third kappa shape index (κ3) is 3.96. The van der Waals surface area contributed by atoms with Gasteiger partial charge < -0.3 is 14.8 Å². The summed E-state index contributed by atoms with van der Waals surface area (Å²) in [7, 11) is 1.63. The lowest BCUT2D eigenvalue weighted by atomic mass is 9.92. The van der Waals surface area contributed by atoms with Crippen molar-refractivity contribution >= 4 is 5.97 Å². The van der Waals surface area contributed by atoms with Gasteiger partial charge in [0.15, 0.2) is 0 Å². The van der Waals surface area contributed by atoms with Crippen molar-refractivity contribution in [3.8, 4) is 5.75 Å². The van der Waals surface area contributed by atoms with Crippen molar-refractivity contribution in [2.75, 3.05) is 20.3 Å². The smallest absolute Gasteiger partial charge is 0.326 e. The molecular weight excluding hydrogens is 242 g/mol. The maximum atomic E-state index is 12.1. The quantitative estimate of drug-likeness (QED) is 0.768. The lowest BCUT2D eigenvalue weighted by Gasteiger charge is -2.28. The van der Waals surface area contributed by atoms with Crippen LogP contribution in [0.2, 0.25) is 0 Å². The van der Waals surface area contributed by atoms with E-state index in [0.717, 1.165) is 11.3 Å². The van der Waals surface area contributed by atoms with Crippen LogP contribution in [0.15, 0.2) is 24.3 Å². The molecule has 4 heteroatoms. The molecule has 0 saturated carbocycles. The second-order valence-electron chi connectivity index (χ2n) is 4.57. The van der Waals surface area contributed by atoms with E-state index in [-0.39, 0.29) is 5.97 Å².